The van der Waals surface area contributed by atoms with Crippen molar-refractivity contribution in [2.45, 2.75) is 12.5 Å². The fourth-order valence-corrected chi connectivity index (χ4v) is 3.23. The number of anilines is 1. The Morgan fingerprint density at radius 1 is 1.12 bits per heavy atom. The molecule has 0 saturated heterocycles. The van der Waals surface area contributed by atoms with Crippen molar-refractivity contribution in [3.8, 4) is 0 Å². The fourth-order valence-electron chi connectivity index (χ4n) is 2.30. The van der Waals surface area contributed by atoms with E-state index in [1.807, 2.05) is 0 Å². The lowest BCUT2D eigenvalue weighted by atomic mass is 10.1. The summed E-state index contributed by atoms with van der Waals surface area (Å²) in [5.41, 5.74) is 1.07. The Labute approximate surface area is 152 Å². The Morgan fingerprint density at radius 2 is 1.92 bits per heavy atom. The average molecular weight is 382 g/mol. The van der Waals surface area contributed by atoms with Gasteiger partial charge in [-0.15, -0.1) is 10.2 Å². The molecule has 8 heteroatoms. The van der Waals surface area contributed by atoms with E-state index < -0.39 is 11.9 Å². The summed E-state index contributed by atoms with van der Waals surface area (Å²) in [4.78, 5) is 0. The van der Waals surface area contributed by atoms with Crippen molar-refractivity contribution < 1.29 is 13.9 Å². The lowest BCUT2D eigenvalue weighted by Crippen LogP contribution is -2.15. The predicted molar refractivity (Wildman–Crippen MR) is 94.0 cm³/mol. The fraction of sp³-hybridized carbons (Fsp3) is 0.176. The molecule has 0 saturated carbocycles. The maximum absolute atomic E-state index is 13.7. The van der Waals surface area contributed by atoms with Crippen LogP contribution in [0.2, 0.25) is 5.02 Å². The molecule has 4 nitrogen and oxygen atoms in total. The first-order valence-electron chi connectivity index (χ1n) is 7.45. The summed E-state index contributed by atoms with van der Waals surface area (Å²) in [7, 11) is 0. The van der Waals surface area contributed by atoms with Crippen molar-refractivity contribution in [2.24, 2.45) is 0 Å². The highest BCUT2D eigenvalue weighted by Gasteiger charge is 2.15. The smallest absolute Gasteiger partial charge is 0.206 e. The minimum atomic E-state index is -0.558. The van der Waals surface area contributed by atoms with Gasteiger partial charge in [-0.25, -0.2) is 8.78 Å². The van der Waals surface area contributed by atoms with Crippen LogP contribution in [0, 0.1) is 11.6 Å². The Hall–Kier alpha value is -2.09. The first kappa shape index (κ1) is 17.7. The molecule has 1 aromatic heterocycles. The molecule has 0 bridgehead atoms. The maximum Gasteiger partial charge on any atom is 0.206 e. The van der Waals surface area contributed by atoms with Crippen LogP contribution >= 0.6 is 22.9 Å². The zero-order valence-corrected chi connectivity index (χ0v) is 14.5. The summed E-state index contributed by atoms with van der Waals surface area (Å²) in [6, 6.07) is 10.2. The van der Waals surface area contributed by atoms with Crippen LogP contribution < -0.4 is 5.32 Å². The molecule has 0 aliphatic heterocycles. The van der Waals surface area contributed by atoms with Gasteiger partial charge in [0.05, 0.1) is 17.7 Å². The summed E-state index contributed by atoms with van der Waals surface area (Å²) < 4.78 is 27.3. The number of benzene rings is 2. The number of nitrogens with one attached hydrogen (secondary N) is 1. The van der Waals surface area contributed by atoms with E-state index in [9.17, 15) is 13.9 Å². The number of aliphatic hydroxyl groups is 1. The number of aliphatic hydroxyl groups excluding tert-OH is 1. The van der Waals surface area contributed by atoms with Gasteiger partial charge in [0, 0.05) is 6.42 Å². The molecule has 0 aliphatic rings. The van der Waals surface area contributed by atoms with Crippen LogP contribution in [-0.4, -0.2) is 21.9 Å². The molecule has 130 valence electrons. The van der Waals surface area contributed by atoms with Crippen molar-refractivity contribution in [1.29, 1.82) is 0 Å². The van der Waals surface area contributed by atoms with E-state index >= 15 is 0 Å². The second-order valence-electron chi connectivity index (χ2n) is 5.32. The average Bonchev–Trinajstić information content (AvgIpc) is 3.04. The summed E-state index contributed by atoms with van der Waals surface area (Å²) >= 11 is 6.92. The van der Waals surface area contributed by atoms with E-state index in [4.69, 9.17) is 11.6 Å². The SMILES string of the molecule is OCC(Nc1nnc(Cc2ccccc2F)s1)c1ccc(Cl)c(F)c1. The van der Waals surface area contributed by atoms with E-state index in [0.29, 0.717) is 27.7 Å². The molecule has 3 aromatic rings. The Bertz CT molecular complexity index is 875. The van der Waals surface area contributed by atoms with Gasteiger partial charge in [-0.1, -0.05) is 47.2 Å². The zero-order chi connectivity index (χ0) is 17.8. The summed E-state index contributed by atoms with van der Waals surface area (Å²) in [6.45, 7) is -0.261. The van der Waals surface area contributed by atoms with Crippen LogP contribution in [0.5, 0.6) is 0 Å². The molecule has 1 heterocycles. The van der Waals surface area contributed by atoms with Crippen LogP contribution in [-0.2, 0) is 6.42 Å². The molecular formula is C17H14ClF2N3OS. The lowest BCUT2D eigenvalue weighted by Gasteiger charge is -2.15. The van der Waals surface area contributed by atoms with E-state index in [1.54, 1.807) is 24.3 Å². The molecule has 1 unspecified atom stereocenters. The number of rotatable bonds is 6. The van der Waals surface area contributed by atoms with E-state index in [1.165, 1.54) is 29.5 Å². The normalized spacial score (nSPS) is 12.2. The highest BCUT2D eigenvalue weighted by molar-refractivity contribution is 7.15. The van der Waals surface area contributed by atoms with Gasteiger partial charge < -0.3 is 10.4 Å². The largest absolute Gasteiger partial charge is 0.394 e. The third-order valence-electron chi connectivity index (χ3n) is 3.59. The maximum atomic E-state index is 13.7. The van der Waals surface area contributed by atoms with Crippen LogP contribution in [0.1, 0.15) is 22.2 Å². The van der Waals surface area contributed by atoms with Gasteiger partial charge in [0.15, 0.2) is 0 Å². The first-order chi connectivity index (χ1) is 12.1. The Morgan fingerprint density at radius 3 is 2.64 bits per heavy atom. The molecule has 0 aliphatic carbocycles. The van der Waals surface area contributed by atoms with Gasteiger partial charge >= 0.3 is 0 Å². The third-order valence-corrected chi connectivity index (χ3v) is 4.75. The second-order valence-corrected chi connectivity index (χ2v) is 6.79. The number of halogens is 3. The zero-order valence-electron chi connectivity index (χ0n) is 12.9. The van der Waals surface area contributed by atoms with Gasteiger partial charge in [-0.05, 0) is 29.3 Å². The first-order valence-corrected chi connectivity index (χ1v) is 8.64. The minimum Gasteiger partial charge on any atom is -0.394 e. The summed E-state index contributed by atoms with van der Waals surface area (Å²) in [5.74, 6) is -0.853. The molecule has 3 rings (SSSR count). The van der Waals surface area contributed by atoms with Crippen molar-refractivity contribution in [3.63, 3.8) is 0 Å². The molecular weight excluding hydrogens is 368 g/mol. The Balaban J connectivity index is 1.73. The van der Waals surface area contributed by atoms with Crippen molar-refractivity contribution in [2.75, 3.05) is 11.9 Å². The van der Waals surface area contributed by atoms with E-state index in [-0.39, 0.29) is 17.4 Å². The number of hydrogen-bond acceptors (Lipinski definition) is 5. The van der Waals surface area contributed by atoms with Crippen LogP contribution in [0.3, 0.4) is 0 Å². The van der Waals surface area contributed by atoms with Crippen LogP contribution in [0.15, 0.2) is 42.5 Å². The topological polar surface area (TPSA) is 58.0 Å². The standard InChI is InChI=1S/C17H14ClF2N3OS/c18-12-6-5-11(7-14(12)20)15(9-24)21-17-23-22-16(25-17)8-10-3-1-2-4-13(10)19/h1-7,15,24H,8-9H2,(H,21,23). The van der Waals surface area contributed by atoms with Crippen LogP contribution in [0.25, 0.3) is 0 Å². The second kappa shape index (κ2) is 7.86. The number of aromatic nitrogens is 2. The molecule has 2 N–H and O–H groups in total. The van der Waals surface area contributed by atoms with Gasteiger partial charge in [-0.3, -0.25) is 0 Å². The highest BCUT2D eigenvalue weighted by atomic mass is 35.5. The van der Waals surface area contributed by atoms with Crippen molar-refractivity contribution in [3.05, 3.63) is 75.3 Å². The van der Waals surface area contributed by atoms with Crippen LogP contribution in [0.4, 0.5) is 13.9 Å². The monoisotopic (exact) mass is 381 g/mol. The molecule has 0 fully saturated rings. The number of hydrogen-bond donors (Lipinski definition) is 2. The predicted octanol–water partition coefficient (Wildman–Crippen LogP) is 4.21. The molecule has 1 atom stereocenters. The Kier molecular flexibility index (Phi) is 5.57. The molecule has 0 amide bonds. The summed E-state index contributed by atoms with van der Waals surface area (Å²) in [6.07, 6.45) is 0.325. The van der Waals surface area contributed by atoms with Gasteiger partial charge in [0.2, 0.25) is 5.13 Å². The van der Waals surface area contributed by atoms with E-state index in [2.05, 4.69) is 15.5 Å². The van der Waals surface area contributed by atoms with E-state index in [0.717, 1.165) is 0 Å². The summed E-state index contributed by atoms with van der Waals surface area (Å²) in [5, 5.41) is 21.7. The lowest BCUT2D eigenvalue weighted by molar-refractivity contribution is 0.276. The van der Waals surface area contributed by atoms with Gasteiger partial charge in [0.1, 0.15) is 16.6 Å². The highest BCUT2D eigenvalue weighted by Crippen LogP contribution is 2.26. The quantitative estimate of drug-likeness (QED) is 0.671. The molecule has 0 radical (unpaired) electrons. The third kappa shape index (κ3) is 4.31. The van der Waals surface area contributed by atoms with Gasteiger partial charge in [0.25, 0.3) is 0 Å². The van der Waals surface area contributed by atoms with Gasteiger partial charge in [-0.2, -0.15) is 0 Å². The van der Waals surface area contributed by atoms with Crippen molar-refractivity contribution >= 4 is 28.1 Å². The van der Waals surface area contributed by atoms with Crippen molar-refractivity contribution in [1.82, 2.24) is 10.2 Å². The minimum absolute atomic E-state index is 0.0172. The molecule has 2 aromatic carbocycles. The number of nitrogens with zero attached hydrogens (tertiary/aromatic N) is 2. The molecule has 25 heavy (non-hydrogen) atoms. The molecule has 0 spiro atoms.